The van der Waals surface area contributed by atoms with E-state index >= 15 is 0 Å². The number of halogens is 1. The Labute approximate surface area is 141 Å². The zero-order chi connectivity index (χ0) is 15.9. The number of carbonyl (C=O) groups excluding carboxylic acids is 1. The highest BCUT2D eigenvalue weighted by molar-refractivity contribution is 5.91. The molecule has 2 aromatic rings. The van der Waals surface area contributed by atoms with E-state index in [1.807, 2.05) is 37.3 Å². The number of hydrogen-bond donors (Lipinski definition) is 2. The molecule has 0 fully saturated rings. The average Bonchev–Trinajstić information content (AvgIpc) is 2.53. The van der Waals surface area contributed by atoms with E-state index in [4.69, 9.17) is 10.5 Å². The Kier molecular flexibility index (Phi) is 7.61. The Morgan fingerprint density at radius 1 is 1.30 bits per heavy atom. The van der Waals surface area contributed by atoms with E-state index in [0.29, 0.717) is 18.1 Å². The normalized spacial score (nSPS) is 11.4. The summed E-state index contributed by atoms with van der Waals surface area (Å²) >= 11 is 0. The lowest BCUT2D eigenvalue weighted by Crippen LogP contribution is -2.28. The number of methoxy groups -OCH3 is 1. The largest absolute Gasteiger partial charge is 0.380 e. The molecular weight excluding hydrogens is 316 g/mol. The minimum atomic E-state index is -0.264. The fourth-order valence-corrected chi connectivity index (χ4v) is 1.97. The lowest BCUT2D eigenvalue weighted by Gasteiger charge is -2.12. The second-order valence-corrected chi connectivity index (χ2v) is 4.94. The van der Waals surface area contributed by atoms with Gasteiger partial charge in [0.05, 0.1) is 12.5 Å². The molecule has 1 aromatic heterocycles. The molecule has 2 rings (SSSR count). The second kappa shape index (κ2) is 9.19. The highest BCUT2D eigenvalue weighted by Crippen LogP contribution is 2.18. The van der Waals surface area contributed by atoms with Crippen molar-refractivity contribution >= 4 is 24.0 Å². The van der Waals surface area contributed by atoms with Crippen molar-refractivity contribution in [2.45, 2.75) is 19.4 Å². The van der Waals surface area contributed by atoms with Gasteiger partial charge in [0.1, 0.15) is 0 Å². The smallest absolute Gasteiger partial charge is 0.227 e. The van der Waals surface area contributed by atoms with Crippen LogP contribution in [0.4, 0.5) is 5.69 Å². The van der Waals surface area contributed by atoms with E-state index < -0.39 is 0 Å². The summed E-state index contributed by atoms with van der Waals surface area (Å²) in [5.74, 6) is 0.539. The molecule has 3 N–H and O–H groups in total. The molecule has 0 spiro atoms. The summed E-state index contributed by atoms with van der Waals surface area (Å²) in [5.41, 5.74) is 8.03. The predicted molar refractivity (Wildman–Crippen MR) is 92.6 cm³/mol. The van der Waals surface area contributed by atoms with Crippen LogP contribution in [0.5, 0.6) is 0 Å². The number of rotatable bonds is 6. The molecule has 124 valence electrons. The third-order valence-electron chi connectivity index (χ3n) is 3.23. The van der Waals surface area contributed by atoms with Gasteiger partial charge >= 0.3 is 0 Å². The average molecular weight is 337 g/mol. The van der Waals surface area contributed by atoms with Crippen LogP contribution in [0.15, 0.2) is 36.5 Å². The van der Waals surface area contributed by atoms with Crippen LogP contribution in [0.3, 0.4) is 0 Å². The quantitative estimate of drug-likeness (QED) is 0.843. The third kappa shape index (κ3) is 5.59. The number of nitrogens with two attached hydrogens (primary N) is 1. The van der Waals surface area contributed by atoms with Crippen LogP contribution >= 0.6 is 12.4 Å². The van der Waals surface area contributed by atoms with Gasteiger partial charge in [-0.25, -0.2) is 9.97 Å². The van der Waals surface area contributed by atoms with Crippen molar-refractivity contribution in [1.29, 1.82) is 0 Å². The number of ether oxygens (including phenoxy) is 1. The van der Waals surface area contributed by atoms with Gasteiger partial charge in [-0.05, 0) is 37.3 Å². The van der Waals surface area contributed by atoms with Gasteiger partial charge in [-0.15, -0.1) is 12.4 Å². The van der Waals surface area contributed by atoms with Crippen LogP contribution in [0.25, 0.3) is 11.4 Å². The number of aryl methyl sites for hydroxylation is 1. The molecule has 6 nitrogen and oxygen atoms in total. The monoisotopic (exact) mass is 336 g/mol. The van der Waals surface area contributed by atoms with E-state index in [1.165, 1.54) is 0 Å². The molecule has 0 aliphatic rings. The standard InChI is InChI=1S/C16H20N4O2.ClH/c1-11-7-8-18-16(19-11)12-3-5-13(6-4-12)20-15(21)9-14(10-17)22-2;/h3-8,14H,9-10,17H2,1-2H3,(H,20,21);1H. The Morgan fingerprint density at radius 3 is 2.57 bits per heavy atom. The Balaban J connectivity index is 0.00000264. The highest BCUT2D eigenvalue weighted by atomic mass is 35.5. The van der Waals surface area contributed by atoms with Gasteiger partial charge < -0.3 is 15.8 Å². The van der Waals surface area contributed by atoms with Crippen molar-refractivity contribution in [3.8, 4) is 11.4 Å². The maximum absolute atomic E-state index is 11.9. The molecule has 1 aromatic carbocycles. The van der Waals surface area contributed by atoms with Crippen LogP contribution in [0, 0.1) is 6.92 Å². The second-order valence-electron chi connectivity index (χ2n) is 4.94. The van der Waals surface area contributed by atoms with E-state index in [-0.39, 0.29) is 30.8 Å². The number of nitrogens with one attached hydrogen (secondary N) is 1. The van der Waals surface area contributed by atoms with Gasteiger partial charge in [0, 0.05) is 36.8 Å². The van der Waals surface area contributed by atoms with Crippen molar-refractivity contribution < 1.29 is 9.53 Å². The summed E-state index contributed by atoms with van der Waals surface area (Å²) in [7, 11) is 1.54. The summed E-state index contributed by atoms with van der Waals surface area (Å²) in [6.45, 7) is 2.23. The Morgan fingerprint density at radius 2 is 2.00 bits per heavy atom. The predicted octanol–water partition coefficient (Wildman–Crippen LogP) is 2.18. The molecule has 1 amide bonds. The zero-order valence-electron chi connectivity index (χ0n) is 13.2. The molecule has 0 aliphatic carbocycles. The number of anilines is 1. The Hall–Kier alpha value is -2.02. The summed E-state index contributed by atoms with van der Waals surface area (Å²) < 4.78 is 5.09. The molecule has 1 atom stereocenters. The fraction of sp³-hybridized carbons (Fsp3) is 0.312. The molecule has 0 bridgehead atoms. The SMILES string of the molecule is COC(CN)CC(=O)Nc1ccc(-c2nccc(C)n2)cc1.Cl. The molecule has 0 saturated heterocycles. The summed E-state index contributed by atoms with van der Waals surface area (Å²) in [5, 5.41) is 2.82. The van der Waals surface area contributed by atoms with Crippen molar-refractivity contribution in [3.05, 3.63) is 42.2 Å². The number of carbonyl (C=O) groups is 1. The number of amides is 1. The van der Waals surface area contributed by atoms with Crippen LogP contribution in [0.1, 0.15) is 12.1 Å². The van der Waals surface area contributed by atoms with Gasteiger partial charge in [0.25, 0.3) is 0 Å². The number of hydrogen-bond acceptors (Lipinski definition) is 5. The van der Waals surface area contributed by atoms with Crippen LogP contribution in [-0.2, 0) is 9.53 Å². The van der Waals surface area contributed by atoms with Gasteiger partial charge in [0.15, 0.2) is 5.82 Å². The third-order valence-corrected chi connectivity index (χ3v) is 3.23. The lowest BCUT2D eigenvalue weighted by atomic mass is 10.2. The first-order valence-corrected chi connectivity index (χ1v) is 7.05. The van der Waals surface area contributed by atoms with Gasteiger partial charge in [-0.2, -0.15) is 0 Å². The van der Waals surface area contributed by atoms with Gasteiger partial charge in [-0.3, -0.25) is 4.79 Å². The van der Waals surface area contributed by atoms with Crippen LogP contribution in [0.2, 0.25) is 0 Å². The number of aromatic nitrogens is 2. The van der Waals surface area contributed by atoms with E-state index in [0.717, 1.165) is 11.3 Å². The highest BCUT2D eigenvalue weighted by Gasteiger charge is 2.11. The zero-order valence-corrected chi connectivity index (χ0v) is 14.0. The Bertz CT molecular complexity index is 630. The fourth-order valence-electron chi connectivity index (χ4n) is 1.97. The lowest BCUT2D eigenvalue weighted by molar-refractivity contribution is -0.118. The molecule has 1 heterocycles. The summed E-state index contributed by atoms with van der Waals surface area (Å²) in [6.07, 6.45) is 1.70. The number of benzene rings is 1. The minimum absolute atomic E-state index is 0. The molecule has 0 saturated carbocycles. The van der Waals surface area contributed by atoms with Crippen molar-refractivity contribution in [3.63, 3.8) is 0 Å². The first kappa shape index (κ1) is 19.0. The van der Waals surface area contributed by atoms with E-state index in [2.05, 4.69) is 15.3 Å². The first-order chi connectivity index (χ1) is 10.6. The maximum atomic E-state index is 11.9. The first-order valence-electron chi connectivity index (χ1n) is 7.05. The molecule has 1 unspecified atom stereocenters. The molecular formula is C16H21ClN4O2. The van der Waals surface area contributed by atoms with E-state index in [9.17, 15) is 4.79 Å². The molecule has 7 heteroatoms. The van der Waals surface area contributed by atoms with Gasteiger partial charge in [-0.1, -0.05) is 0 Å². The minimum Gasteiger partial charge on any atom is -0.380 e. The maximum Gasteiger partial charge on any atom is 0.227 e. The molecule has 23 heavy (non-hydrogen) atoms. The number of nitrogens with zero attached hydrogens (tertiary/aromatic N) is 2. The van der Waals surface area contributed by atoms with Crippen molar-refractivity contribution in [2.75, 3.05) is 19.0 Å². The van der Waals surface area contributed by atoms with Crippen LogP contribution in [-0.4, -0.2) is 35.6 Å². The van der Waals surface area contributed by atoms with E-state index in [1.54, 1.807) is 13.3 Å². The van der Waals surface area contributed by atoms with Crippen molar-refractivity contribution in [2.24, 2.45) is 5.73 Å². The van der Waals surface area contributed by atoms with Gasteiger partial charge in [0.2, 0.25) is 5.91 Å². The summed E-state index contributed by atoms with van der Waals surface area (Å²) in [4.78, 5) is 20.5. The molecule has 0 radical (unpaired) electrons. The molecule has 0 aliphatic heterocycles. The topological polar surface area (TPSA) is 90.1 Å². The van der Waals surface area contributed by atoms with Crippen LogP contribution < -0.4 is 11.1 Å². The van der Waals surface area contributed by atoms with Crippen molar-refractivity contribution in [1.82, 2.24) is 9.97 Å². The summed E-state index contributed by atoms with van der Waals surface area (Å²) in [6, 6.07) is 9.25.